The van der Waals surface area contributed by atoms with Crippen LogP contribution in [-0.4, -0.2) is 27.9 Å². The van der Waals surface area contributed by atoms with Gasteiger partial charge < -0.3 is 10.0 Å². The van der Waals surface area contributed by atoms with Gasteiger partial charge in [0, 0.05) is 26.0 Å². The molecule has 0 bridgehead atoms. The van der Waals surface area contributed by atoms with Gasteiger partial charge in [0.15, 0.2) is 0 Å². The molecule has 1 heterocycles. The molecule has 0 aliphatic carbocycles. The minimum Gasteiger partial charge on any atom is -0.388 e. The highest BCUT2D eigenvalue weighted by atomic mass is 16.3. The van der Waals surface area contributed by atoms with E-state index in [1.54, 1.807) is 24.3 Å². The van der Waals surface area contributed by atoms with Gasteiger partial charge in [0.25, 0.3) is 0 Å². The van der Waals surface area contributed by atoms with E-state index in [4.69, 9.17) is 0 Å². The highest BCUT2D eigenvalue weighted by Crippen LogP contribution is 2.17. The first kappa shape index (κ1) is 14.2. The van der Waals surface area contributed by atoms with Gasteiger partial charge in [0.2, 0.25) is 5.91 Å². The average molecular weight is 270 g/mol. The van der Waals surface area contributed by atoms with Crippen LogP contribution in [0.2, 0.25) is 0 Å². The number of aliphatic hydroxyl groups is 1. The number of aromatic nitrogens is 1. The maximum Gasteiger partial charge on any atom is 0.225 e. The first-order valence-electron chi connectivity index (χ1n) is 6.52. The zero-order valence-corrected chi connectivity index (χ0v) is 11.4. The highest BCUT2D eigenvalue weighted by molar-refractivity contribution is 5.76. The number of nitrogens with zero attached hydrogens (tertiary/aromatic N) is 2. The molecule has 1 amide bonds. The van der Waals surface area contributed by atoms with Crippen molar-refractivity contribution in [2.24, 2.45) is 0 Å². The lowest BCUT2D eigenvalue weighted by molar-refractivity contribution is -0.132. The molecule has 1 N–H and O–H groups in total. The molecule has 1 unspecified atom stereocenters. The summed E-state index contributed by atoms with van der Waals surface area (Å²) in [5.41, 5.74) is 1.73. The van der Waals surface area contributed by atoms with Crippen LogP contribution in [0, 0.1) is 0 Å². The molecule has 0 saturated carbocycles. The highest BCUT2D eigenvalue weighted by Gasteiger charge is 2.16. The number of carbonyl (C=O) groups excluding carboxylic acids is 1. The van der Waals surface area contributed by atoms with Gasteiger partial charge in [0.05, 0.1) is 12.5 Å². The molecule has 1 aromatic heterocycles. The molecule has 0 radical (unpaired) electrons. The van der Waals surface area contributed by atoms with Crippen LogP contribution in [0.3, 0.4) is 0 Å². The van der Waals surface area contributed by atoms with Crippen molar-refractivity contribution in [3.8, 4) is 0 Å². The largest absolute Gasteiger partial charge is 0.388 e. The molecule has 0 aliphatic rings. The van der Waals surface area contributed by atoms with Crippen LogP contribution < -0.4 is 0 Å². The normalized spacial score (nSPS) is 11.9. The van der Waals surface area contributed by atoms with Crippen LogP contribution in [0.1, 0.15) is 23.7 Å². The van der Waals surface area contributed by atoms with Crippen molar-refractivity contribution in [2.75, 3.05) is 7.05 Å². The summed E-state index contributed by atoms with van der Waals surface area (Å²) >= 11 is 0. The first-order valence-corrected chi connectivity index (χ1v) is 6.52. The van der Waals surface area contributed by atoms with Gasteiger partial charge in [-0.15, -0.1) is 0 Å². The van der Waals surface area contributed by atoms with Gasteiger partial charge in [0.1, 0.15) is 0 Å². The van der Waals surface area contributed by atoms with E-state index in [1.165, 1.54) is 0 Å². The Bertz CT molecular complexity index is 543. The number of amides is 1. The zero-order valence-electron chi connectivity index (χ0n) is 11.4. The van der Waals surface area contributed by atoms with Gasteiger partial charge in [-0.1, -0.05) is 36.4 Å². The Kier molecular flexibility index (Phi) is 4.85. The lowest BCUT2D eigenvalue weighted by atomic mass is 10.1. The van der Waals surface area contributed by atoms with E-state index in [-0.39, 0.29) is 12.3 Å². The fraction of sp³-hybridized carbons (Fsp3) is 0.250. The number of rotatable bonds is 5. The van der Waals surface area contributed by atoms with Crippen LogP contribution in [0.4, 0.5) is 0 Å². The first-order chi connectivity index (χ1) is 9.66. The van der Waals surface area contributed by atoms with Crippen molar-refractivity contribution in [1.82, 2.24) is 9.88 Å². The molecule has 0 spiro atoms. The SMILES string of the molecule is CN(Cc1cccnc1)C(=O)CC(O)c1ccccc1. The van der Waals surface area contributed by atoms with Gasteiger partial charge in [-0.25, -0.2) is 0 Å². The van der Waals surface area contributed by atoms with Crippen molar-refractivity contribution >= 4 is 5.91 Å². The molecular weight excluding hydrogens is 252 g/mol. The third-order valence-corrected chi connectivity index (χ3v) is 3.12. The second-order valence-corrected chi connectivity index (χ2v) is 4.74. The Morgan fingerprint density at radius 3 is 2.65 bits per heavy atom. The fourth-order valence-corrected chi connectivity index (χ4v) is 1.97. The quantitative estimate of drug-likeness (QED) is 0.906. The van der Waals surface area contributed by atoms with Crippen molar-refractivity contribution < 1.29 is 9.90 Å². The van der Waals surface area contributed by atoms with Crippen molar-refractivity contribution in [3.63, 3.8) is 0 Å². The molecule has 2 aromatic rings. The summed E-state index contributed by atoms with van der Waals surface area (Å²) in [5, 5.41) is 10.0. The van der Waals surface area contributed by atoms with Gasteiger partial charge in [-0.2, -0.15) is 0 Å². The van der Waals surface area contributed by atoms with E-state index in [0.29, 0.717) is 6.54 Å². The maximum absolute atomic E-state index is 12.1. The second kappa shape index (κ2) is 6.82. The van der Waals surface area contributed by atoms with E-state index in [9.17, 15) is 9.90 Å². The molecule has 2 rings (SSSR count). The topological polar surface area (TPSA) is 53.4 Å². The van der Waals surface area contributed by atoms with Crippen molar-refractivity contribution in [2.45, 2.75) is 19.1 Å². The Morgan fingerprint density at radius 2 is 2.00 bits per heavy atom. The van der Waals surface area contributed by atoms with Crippen LogP contribution in [0.15, 0.2) is 54.9 Å². The molecule has 0 aliphatic heterocycles. The van der Waals surface area contributed by atoms with E-state index < -0.39 is 6.10 Å². The minimum atomic E-state index is -0.764. The van der Waals surface area contributed by atoms with Crippen LogP contribution in [0.25, 0.3) is 0 Å². The lowest BCUT2D eigenvalue weighted by Gasteiger charge is -2.19. The average Bonchev–Trinajstić information content (AvgIpc) is 2.49. The van der Waals surface area contributed by atoms with Crippen molar-refractivity contribution in [1.29, 1.82) is 0 Å². The predicted octanol–water partition coefficient (Wildman–Crippen LogP) is 2.16. The third-order valence-electron chi connectivity index (χ3n) is 3.12. The maximum atomic E-state index is 12.1. The number of carbonyl (C=O) groups is 1. The summed E-state index contributed by atoms with van der Waals surface area (Å²) in [6.07, 6.45) is 2.75. The van der Waals surface area contributed by atoms with Crippen molar-refractivity contribution in [3.05, 3.63) is 66.0 Å². The number of hydrogen-bond donors (Lipinski definition) is 1. The number of pyridine rings is 1. The van der Waals surface area contributed by atoms with Gasteiger partial charge in [-0.3, -0.25) is 9.78 Å². The summed E-state index contributed by atoms with van der Waals surface area (Å²) in [4.78, 5) is 17.7. The van der Waals surface area contributed by atoms with E-state index >= 15 is 0 Å². The smallest absolute Gasteiger partial charge is 0.225 e. The molecule has 4 nitrogen and oxygen atoms in total. The fourth-order valence-electron chi connectivity index (χ4n) is 1.97. The van der Waals surface area contributed by atoms with Crippen LogP contribution in [0.5, 0.6) is 0 Å². The van der Waals surface area contributed by atoms with E-state index in [2.05, 4.69) is 4.98 Å². The predicted molar refractivity (Wildman–Crippen MR) is 76.7 cm³/mol. The monoisotopic (exact) mass is 270 g/mol. The zero-order chi connectivity index (χ0) is 14.4. The lowest BCUT2D eigenvalue weighted by Crippen LogP contribution is -2.27. The molecule has 1 atom stereocenters. The summed E-state index contributed by atoms with van der Waals surface area (Å²) in [6.45, 7) is 0.494. The molecule has 1 aromatic carbocycles. The summed E-state index contributed by atoms with van der Waals surface area (Å²) in [5.74, 6) is -0.0924. The summed E-state index contributed by atoms with van der Waals surface area (Å²) in [7, 11) is 1.73. The van der Waals surface area contributed by atoms with Gasteiger partial charge >= 0.3 is 0 Å². The Morgan fingerprint density at radius 1 is 1.25 bits per heavy atom. The second-order valence-electron chi connectivity index (χ2n) is 4.74. The van der Waals surface area contributed by atoms with Gasteiger partial charge in [-0.05, 0) is 17.2 Å². The molecule has 0 fully saturated rings. The number of benzene rings is 1. The minimum absolute atomic E-state index is 0.0841. The van der Waals surface area contributed by atoms with Crippen LogP contribution >= 0.6 is 0 Å². The number of aliphatic hydroxyl groups excluding tert-OH is 1. The standard InChI is InChI=1S/C16H18N2O2/c1-18(12-13-6-5-9-17-11-13)16(20)10-15(19)14-7-3-2-4-8-14/h2-9,11,15,19H,10,12H2,1H3. The summed E-state index contributed by atoms with van der Waals surface area (Å²) < 4.78 is 0. The summed E-state index contributed by atoms with van der Waals surface area (Å²) in [6, 6.07) is 13.0. The van der Waals surface area contributed by atoms with Crippen LogP contribution in [-0.2, 0) is 11.3 Å². The molecular formula is C16H18N2O2. The van der Waals surface area contributed by atoms with E-state index in [0.717, 1.165) is 11.1 Å². The third kappa shape index (κ3) is 3.90. The Hall–Kier alpha value is -2.20. The van der Waals surface area contributed by atoms with E-state index in [1.807, 2.05) is 42.5 Å². The molecule has 0 saturated heterocycles. The Labute approximate surface area is 118 Å². The Balaban J connectivity index is 1.91. The molecule has 4 heteroatoms. The number of hydrogen-bond acceptors (Lipinski definition) is 3. The molecule has 104 valence electrons. The molecule has 20 heavy (non-hydrogen) atoms.